The Balaban J connectivity index is 2.69. The molecule has 3 heteroatoms. The highest BCUT2D eigenvalue weighted by Crippen LogP contribution is 2.24. The molecule has 2 rings (SSSR count). The molecule has 0 aliphatic rings. The summed E-state index contributed by atoms with van der Waals surface area (Å²) in [6, 6.07) is 7.97. The zero-order valence-electron chi connectivity index (χ0n) is 8.82. The Hall–Kier alpha value is -1.77. The quantitative estimate of drug-likeness (QED) is 0.812. The van der Waals surface area contributed by atoms with Crippen molar-refractivity contribution < 1.29 is 9.90 Å². The van der Waals surface area contributed by atoms with E-state index in [9.17, 15) is 4.79 Å². The zero-order chi connectivity index (χ0) is 11.0. The minimum absolute atomic E-state index is 0.0804. The van der Waals surface area contributed by atoms with Crippen molar-refractivity contribution in [1.29, 1.82) is 0 Å². The average molecular weight is 203 g/mol. The SMILES string of the molecule is Cc1c(CC(=O)O)n(C)c2ccccc12. The summed E-state index contributed by atoms with van der Waals surface area (Å²) in [5.74, 6) is -0.788. The summed E-state index contributed by atoms with van der Waals surface area (Å²) in [4.78, 5) is 10.7. The summed E-state index contributed by atoms with van der Waals surface area (Å²) in [6.45, 7) is 1.97. The molecule has 0 bridgehead atoms. The summed E-state index contributed by atoms with van der Waals surface area (Å²) >= 11 is 0. The summed E-state index contributed by atoms with van der Waals surface area (Å²) in [7, 11) is 1.91. The Bertz CT molecular complexity index is 487. The van der Waals surface area contributed by atoms with Gasteiger partial charge in [0.25, 0.3) is 0 Å². The lowest BCUT2D eigenvalue weighted by Gasteiger charge is -2.01. The number of aryl methyl sites for hydroxylation is 2. The fourth-order valence-electron chi connectivity index (χ4n) is 2.03. The number of carbonyl (C=O) groups is 1. The molecule has 2 aromatic rings. The average Bonchev–Trinajstić information content (AvgIpc) is 2.44. The van der Waals surface area contributed by atoms with Crippen molar-refractivity contribution in [3.05, 3.63) is 35.5 Å². The first kappa shape index (κ1) is 9.77. The van der Waals surface area contributed by atoms with Crippen molar-refractivity contribution in [1.82, 2.24) is 4.57 Å². The van der Waals surface area contributed by atoms with E-state index in [-0.39, 0.29) is 6.42 Å². The highest BCUT2D eigenvalue weighted by Gasteiger charge is 2.13. The summed E-state index contributed by atoms with van der Waals surface area (Å²) in [6.07, 6.45) is 0.0804. The van der Waals surface area contributed by atoms with Gasteiger partial charge in [0, 0.05) is 23.6 Å². The molecule has 0 saturated heterocycles. The molecule has 0 radical (unpaired) electrons. The van der Waals surface area contributed by atoms with Crippen LogP contribution in [0.4, 0.5) is 0 Å². The number of benzene rings is 1. The third-order valence-corrected chi connectivity index (χ3v) is 2.83. The minimum Gasteiger partial charge on any atom is -0.481 e. The monoisotopic (exact) mass is 203 g/mol. The topological polar surface area (TPSA) is 42.2 Å². The molecule has 1 aromatic heterocycles. The Kier molecular flexibility index (Phi) is 2.23. The van der Waals surface area contributed by atoms with E-state index >= 15 is 0 Å². The fourth-order valence-corrected chi connectivity index (χ4v) is 2.03. The number of hydrogen-bond donors (Lipinski definition) is 1. The van der Waals surface area contributed by atoms with Crippen molar-refractivity contribution in [3.63, 3.8) is 0 Å². The second-order valence-corrected chi connectivity index (χ2v) is 3.72. The van der Waals surface area contributed by atoms with E-state index in [1.165, 1.54) is 0 Å². The van der Waals surface area contributed by atoms with Gasteiger partial charge in [-0.25, -0.2) is 0 Å². The van der Waals surface area contributed by atoms with E-state index in [2.05, 4.69) is 0 Å². The first-order valence-corrected chi connectivity index (χ1v) is 4.86. The number of hydrogen-bond acceptors (Lipinski definition) is 1. The Morgan fingerprint density at radius 1 is 1.40 bits per heavy atom. The second kappa shape index (κ2) is 3.42. The van der Waals surface area contributed by atoms with Crippen molar-refractivity contribution in [2.75, 3.05) is 0 Å². The van der Waals surface area contributed by atoms with Gasteiger partial charge in [0.05, 0.1) is 6.42 Å². The molecule has 0 aliphatic heterocycles. The Morgan fingerprint density at radius 3 is 2.67 bits per heavy atom. The smallest absolute Gasteiger partial charge is 0.309 e. The number of carboxylic acid groups (broad SMARTS) is 1. The van der Waals surface area contributed by atoms with Gasteiger partial charge >= 0.3 is 5.97 Å². The van der Waals surface area contributed by atoms with Gasteiger partial charge in [-0.05, 0) is 18.6 Å². The lowest BCUT2D eigenvalue weighted by atomic mass is 10.1. The second-order valence-electron chi connectivity index (χ2n) is 3.72. The summed E-state index contributed by atoms with van der Waals surface area (Å²) in [5, 5.41) is 9.96. The third-order valence-electron chi connectivity index (χ3n) is 2.83. The fraction of sp³-hybridized carbons (Fsp3) is 0.250. The predicted molar refractivity (Wildman–Crippen MR) is 59.0 cm³/mol. The van der Waals surface area contributed by atoms with Gasteiger partial charge in [-0.15, -0.1) is 0 Å². The molecule has 3 nitrogen and oxygen atoms in total. The standard InChI is InChI=1S/C12H13NO2/c1-8-9-5-3-4-6-10(9)13(2)11(8)7-12(14)15/h3-6H,7H2,1-2H3,(H,14,15). The minimum atomic E-state index is -0.788. The molecule has 1 heterocycles. The van der Waals surface area contributed by atoms with E-state index in [1.807, 2.05) is 42.8 Å². The van der Waals surface area contributed by atoms with Crippen LogP contribution < -0.4 is 0 Å². The van der Waals surface area contributed by atoms with Crippen molar-refractivity contribution in [3.8, 4) is 0 Å². The molecule has 0 aliphatic carbocycles. The van der Waals surface area contributed by atoms with Crippen LogP contribution in [0.5, 0.6) is 0 Å². The maximum Gasteiger partial charge on any atom is 0.309 e. The first-order valence-electron chi connectivity index (χ1n) is 4.86. The van der Waals surface area contributed by atoms with E-state index in [4.69, 9.17) is 5.11 Å². The van der Waals surface area contributed by atoms with Crippen LogP contribution in [0.1, 0.15) is 11.3 Å². The number of rotatable bonds is 2. The van der Waals surface area contributed by atoms with Gasteiger partial charge < -0.3 is 9.67 Å². The van der Waals surface area contributed by atoms with E-state index in [0.29, 0.717) is 0 Å². The highest BCUT2D eigenvalue weighted by atomic mass is 16.4. The van der Waals surface area contributed by atoms with E-state index < -0.39 is 5.97 Å². The van der Waals surface area contributed by atoms with Crippen LogP contribution in [-0.4, -0.2) is 15.6 Å². The maximum atomic E-state index is 10.7. The largest absolute Gasteiger partial charge is 0.481 e. The molecule has 0 unspecified atom stereocenters. The van der Waals surface area contributed by atoms with Gasteiger partial charge in [0.15, 0.2) is 0 Å². The molecule has 0 amide bonds. The normalized spacial score (nSPS) is 10.8. The molecule has 1 aromatic carbocycles. The lowest BCUT2D eigenvalue weighted by molar-refractivity contribution is -0.136. The summed E-state index contributed by atoms with van der Waals surface area (Å²) in [5.41, 5.74) is 3.03. The predicted octanol–water partition coefficient (Wildman–Crippen LogP) is 2.11. The van der Waals surface area contributed by atoms with Gasteiger partial charge in [0.2, 0.25) is 0 Å². The molecule has 0 fully saturated rings. The van der Waals surface area contributed by atoms with Gasteiger partial charge in [-0.3, -0.25) is 4.79 Å². The van der Waals surface area contributed by atoms with Crippen molar-refractivity contribution in [2.24, 2.45) is 7.05 Å². The summed E-state index contributed by atoms with van der Waals surface area (Å²) < 4.78 is 1.96. The maximum absolute atomic E-state index is 10.7. The molecule has 0 saturated carbocycles. The number of aromatic nitrogens is 1. The van der Waals surface area contributed by atoms with Crippen LogP contribution in [-0.2, 0) is 18.3 Å². The molecule has 78 valence electrons. The van der Waals surface area contributed by atoms with Crippen LogP contribution >= 0.6 is 0 Å². The lowest BCUT2D eigenvalue weighted by Crippen LogP contribution is -2.06. The molecule has 1 N–H and O–H groups in total. The number of carboxylic acids is 1. The van der Waals surface area contributed by atoms with E-state index in [1.54, 1.807) is 0 Å². The Morgan fingerprint density at radius 2 is 2.07 bits per heavy atom. The van der Waals surface area contributed by atoms with Crippen LogP contribution in [0.25, 0.3) is 10.9 Å². The molecule has 0 atom stereocenters. The van der Waals surface area contributed by atoms with Crippen LogP contribution in [0.15, 0.2) is 24.3 Å². The first-order chi connectivity index (χ1) is 7.11. The Labute approximate surface area is 87.9 Å². The molecule has 15 heavy (non-hydrogen) atoms. The van der Waals surface area contributed by atoms with Crippen molar-refractivity contribution >= 4 is 16.9 Å². The van der Waals surface area contributed by atoms with Gasteiger partial charge in [-0.1, -0.05) is 18.2 Å². The number of para-hydroxylation sites is 1. The number of aliphatic carboxylic acids is 1. The van der Waals surface area contributed by atoms with Crippen LogP contribution in [0.3, 0.4) is 0 Å². The van der Waals surface area contributed by atoms with Crippen molar-refractivity contribution in [2.45, 2.75) is 13.3 Å². The van der Waals surface area contributed by atoms with Crippen LogP contribution in [0, 0.1) is 6.92 Å². The molecular weight excluding hydrogens is 190 g/mol. The number of fused-ring (bicyclic) bond motifs is 1. The van der Waals surface area contributed by atoms with Gasteiger partial charge in [-0.2, -0.15) is 0 Å². The highest BCUT2D eigenvalue weighted by molar-refractivity contribution is 5.86. The zero-order valence-corrected chi connectivity index (χ0v) is 8.82. The molecule has 0 spiro atoms. The number of nitrogens with zero attached hydrogens (tertiary/aromatic N) is 1. The van der Waals surface area contributed by atoms with Crippen LogP contribution in [0.2, 0.25) is 0 Å². The third kappa shape index (κ3) is 1.50. The molecular formula is C12H13NO2. The van der Waals surface area contributed by atoms with E-state index in [0.717, 1.165) is 22.2 Å². The van der Waals surface area contributed by atoms with Gasteiger partial charge in [0.1, 0.15) is 0 Å².